The highest BCUT2D eigenvalue weighted by Gasteiger charge is 2.35. The highest BCUT2D eigenvalue weighted by molar-refractivity contribution is 7.99. The van der Waals surface area contributed by atoms with Crippen LogP contribution in [0.15, 0.2) is 56.9 Å². The molecule has 0 aliphatic carbocycles. The van der Waals surface area contributed by atoms with Crippen molar-refractivity contribution in [2.45, 2.75) is 17.5 Å². The summed E-state index contributed by atoms with van der Waals surface area (Å²) in [5.41, 5.74) is -0.223. The van der Waals surface area contributed by atoms with E-state index in [4.69, 9.17) is 17.3 Å². The predicted molar refractivity (Wildman–Crippen MR) is 122 cm³/mol. The number of aromatic nitrogens is 2. The zero-order chi connectivity index (χ0) is 25.2. The molecule has 2 aromatic carbocycles. The number of thioether (sulfide) groups is 1. The molecular formula is C21H17ClF4N4O3S. The fourth-order valence-corrected chi connectivity index (χ4v) is 4.18. The van der Waals surface area contributed by atoms with Gasteiger partial charge in [0.15, 0.2) is 5.82 Å². The van der Waals surface area contributed by atoms with Crippen LogP contribution in [-0.2, 0) is 18.0 Å². The molecule has 0 bridgehead atoms. The van der Waals surface area contributed by atoms with E-state index in [0.29, 0.717) is 11.8 Å². The summed E-state index contributed by atoms with van der Waals surface area (Å²) in [5.74, 6) is -1.39. The van der Waals surface area contributed by atoms with E-state index >= 15 is 0 Å². The zero-order valence-corrected chi connectivity index (χ0v) is 19.0. The van der Waals surface area contributed by atoms with Gasteiger partial charge in [0, 0.05) is 30.2 Å². The molecule has 13 heteroatoms. The third-order valence-electron chi connectivity index (χ3n) is 4.68. The summed E-state index contributed by atoms with van der Waals surface area (Å²) in [5, 5.41) is 2.09. The molecule has 0 spiro atoms. The van der Waals surface area contributed by atoms with E-state index < -0.39 is 46.2 Å². The summed E-state index contributed by atoms with van der Waals surface area (Å²) in [6, 6.07) is 10.1. The van der Waals surface area contributed by atoms with E-state index in [1.807, 2.05) is 30.3 Å². The van der Waals surface area contributed by atoms with E-state index in [1.165, 1.54) is 11.8 Å². The maximum absolute atomic E-state index is 14.7. The Kier molecular flexibility index (Phi) is 7.41. The Morgan fingerprint density at radius 2 is 1.82 bits per heavy atom. The fourth-order valence-electron chi connectivity index (χ4n) is 3.07. The molecule has 0 aliphatic heterocycles. The summed E-state index contributed by atoms with van der Waals surface area (Å²) < 4.78 is 54.3. The Morgan fingerprint density at radius 1 is 1.18 bits per heavy atom. The van der Waals surface area contributed by atoms with Crippen molar-refractivity contribution in [1.29, 1.82) is 0 Å². The van der Waals surface area contributed by atoms with Crippen LogP contribution in [0.3, 0.4) is 0 Å². The first-order valence-electron chi connectivity index (χ1n) is 9.57. The van der Waals surface area contributed by atoms with Crippen molar-refractivity contribution in [3.05, 3.63) is 79.8 Å². The SMILES string of the molecule is Cn1c(C(F)(F)F)cc(=O)n(-c2c(F)cc(Cl)c(NC(=O)CCSc3ccccc3)c2N)c1=O. The number of carbonyl (C=O) groups is 1. The molecule has 1 aromatic heterocycles. The van der Waals surface area contributed by atoms with Crippen LogP contribution in [0.2, 0.25) is 5.02 Å². The largest absolute Gasteiger partial charge is 0.431 e. The average molecular weight is 517 g/mol. The number of nitrogens with one attached hydrogen (secondary N) is 1. The Labute approximate surface area is 199 Å². The number of halogens is 5. The molecule has 0 unspecified atom stereocenters. The van der Waals surface area contributed by atoms with Crippen molar-refractivity contribution in [3.8, 4) is 5.69 Å². The third kappa shape index (κ3) is 5.28. The van der Waals surface area contributed by atoms with Crippen molar-refractivity contribution in [2.75, 3.05) is 16.8 Å². The normalized spacial score (nSPS) is 11.5. The van der Waals surface area contributed by atoms with Crippen LogP contribution in [0.5, 0.6) is 0 Å². The van der Waals surface area contributed by atoms with Gasteiger partial charge in [0.05, 0.1) is 16.4 Å². The zero-order valence-electron chi connectivity index (χ0n) is 17.5. The lowest BCUT2D eigenvalue weighted by atomic mass is 10.2. The number of hydrogen-bond donors (Lipinski definition) is 2. The molecule has 0 saturated carbocycles. The van der Waals surface area contributed by atoms with E-state index in [1.54, 1.807) is 0 Å². The van der Waals surface area contributed by atoms with E-state index in [-0.39, 0.29) is 32.3 Å². The molecule has 3 aromatic rings. The monoisotopic (exact) mass is 516 g/mol. The lowest BCUT2D eigenvalue weighted by Gasteiger charge is -2.18. The molecule has 0 atom stereocenters. The molecule has 0 aliphatic rings. The first kappa shape index (κ1) is 25.4. The molecular weight excluding hydrogens is 500 g/mol. The number of nitrogens with two attached hydrogens (primary N) is 1. The first-order valence-corrected chi connectivity index (χ1v) is 10.9. The topological polar surface area (TPSA) is 99.1 Å². The van der Waals surface area contributed by atoms with Gasteiger partial charge in [-0.1, -0.05) is 29.8 Å². The van der Waals surface area contributed by atoms with Crippen molar-refractivity contribution in [2.24, 2.45) is 7.05 Å². The number of amides is 1. The number of benzene rings is 2. The van der Waals surface area contributed by atoms with Gasteiger partial charge in [0.25, 0.3) is 5.56 Å². The van der Waals surface area contributed by atoms with Crippen LogP contribution in [0.4, 0.5) is 28.9 Å². The van der Waals surface area contributed by atoms with Gasteiger partial charge in [0.1, 0.15) is 11.4 Å². The number of nitrogens with zero attached hydrogens (tertiary/aromatic N) is 2. The van der Waals surface area contributed by atoms with Crippen LogP contribution in [0.25, 0.3) is 5.69 Å². The van der Waals surface area contributed by atoms with Gasteiger partial charge in [-0.25, -0.2) is 13.8 Å². The molecule has 34 heavy (non-hydrogen) atoms. The van der Waals surface area contributed by atoms with Crippen LogP contribution >= 0.6 is 23.4 Å². The Balaban J connectivity index is 1.95. The van der Waals surface area contributed by atoms with Crippen molar-refractivity contribution in [3.63, 3.8) is 0 Å². The maximum atomic E-state index is 14.7. The molecule has 0 fully saturated rings. The standard InChI is InChI=1S/C21H17ClF4N4O3S/c1-29-14(21(24,25)26)10-16(32)30(20(29)33)19-13(23)9-12(22)18(17(19)27)28-15(31)7-8-34-11-5-3-2-4-6-11/h2-6,9-10H,7-8,27H2,1H3,(H,28,31). The lowest BCUT2D eigenvalue weighted by Crippen LogP contribution is -2.41. The van der Waals surface area contributed by atoms with Crippen molar-refractivity contribution >= 4 is 40.6 Å². The van der Waals surface area contributed by atoms with E-state index in [0.717, 1.165) is 11.9 Å². The van der Waals surface area contributed by atoms with Crippen molar-refractivity contribution in [1.82, 2.24) is 9.13 Å². The summed E-state index contributed by atoms with van der Waals surface area (Å²) >= 11 is 7.42. The fraction of sp³-hybridized carbons (Fsp3) is 0.190. The van der Waals surface area contributed by atoms with E-state index in [2.05, 4.69) is 5.32 Å². The number of alkyl halides is 3. The third-order valence-corrected chi connectivity index (χ3v) is 5.99. The molecule has 7 nitrogen and oxygen atoms in total. The van der Waals surface area contributed by atoms with Crippen LogP contribution in [0.1, 0.15) is 12.1 Å². The van der Waals surface area contributed by atoms with Crippen LogP contribution in [0, 0.1) is 5.82 Å². The number of nitrogen functional groups attached to an aromatic ring is 1. The van der Waals surface area contributed by atoms with Gasteiger partial charge in [-0.15, -0.1) is 11.8 Å². The van der Waals surface area contributed by atoms with Crippen molar-refractivity contribution < 1.29 is 22.4 Å². The smallest absolute Gasteiger partial charge is 0.395 e. The van der Waals surface area contributed by atoms with E-state index in [9.17, 15) is 31.9 Å². The highest BCUT2D eigenvalue weighted by Crippen LogP contribution is 2.35. The summed E-state index contributed by atoms with van der Waals surface area (Å²) in [4.78, 5) is 38.2. The minimum atomic E-state index is -4.99. The molecule has 0 saturated heterocycles. The molecule has 180 valence electrons. The maximum Gasteiger partial charge on any atom is 0.431 e. The van der Waals surface area contributed by atoms with Gasteiger partial charge in [-0.3, -0.25) is 14.2 Å². The summed E-state index contributed by atoms with van der Waals surface area (Å²) in [6.07, 6.45) is -4.98. The predicted octanol–water partition coefficient (Wildman–Crippen LogP) is 4.05. The average Bonchev–Trinajstić information content (AvgIpc) is 2.76. The summed E-state index contributed by atoms with van der Waals surface area (Å²) in [7, 11) is 0.776. The quantitative estimate of drug-likeness (QED) is 0.292. The molecule has 3 rings (SSSR count). The molecule has 3 N–H and O–H groups in total. The van der Waals surface area contributed by atoms with Gasteiger partial charge in [-0.05, 0) is 18.2 Å². The molecule has 1 amide bonds. The number of hydrogen-bond acceptors (Lipinski definition) is 5. The lowest BCUT2D eigenvalue weighted by molar-refractivity contribution is -0.144. The van der Waals surface area contributed by atoms with Gasteiger partial charge >= 0.3 is 11.9 Å². The minimum absolute atomic E-state index is 0.0179. The highest BCUT2D eigenvalue weighted by atomic mass is 35.5. The van der Waals surface area contributed by atoms with Gasteiger partial charge in [-0.2, -0.15) is 13.2 Å². The Bertz CT molecular complexity index is 1360. The van der Waals surface area contributed by atoms with Gasteiger partial charge < -0.3 is 11.1 Å². The van der Waals surface area contributed by atoms with Crippen LogP contribution in [-0.4, -0.2) is 20.8 Å². The number of rotatable bonds is 6. The second kappa shape index (κ2) is 9.94. The summed E-state index contributed by atoms with van der Waals surface area (Å²) in [6.45, 7) is 0. The number of carbonyl (C=O) groups excluding carboxylic acids is 1. The minimum Gasteiger partial charge on any atom is -0.395 e. The first-order chi connectivity index (χ1) is 15.9. The molecule has 0 radical (unpaired) electrons. The Morgan fingerprint density at radius 3 is 2.44 bits per heavy atom. The second-order valence-electron chi connectivity index (χ2n) is 6.98. The second-order valence-corrected chi connectivity index (χ2v) is 8.56. The number of anilines is 2. The molecule has 1 heterocycles. The Hall–Kier alpha value is -3.25. The van der Waals surface area contributed by atoms with Crippen LogP contribution < -0.4 is 22.3 Å². The van der Waals surface area contributed by atoms with Gasteiger partial charge in [0.2, 0.25) is 5.91 Å².